The highest BCUT2D eigenvalue weighted by atomic mass is 16.5. The van der Waals surface area contributed by atoms with Gasteiger partial charge in [-0.1, -0.05) is 0 Å². The Balaban J connectivity index is 1.87. The molecule has 0 aliphatic heterocycles. The second-order valence-electron chi connectivity index (χ2n) is 7.03. The molecule has 0 saturated heterocycles. The van der Waals surface area contributed by atoms with Gasteiger partial charge < -0.3 is 24.3 Å². The van der Waals surface area contributed by atoms with Gasteiger partial charge >= 0.3 is 0 Å². The van der Waals surface area contributed by atoms with Crippen molar-refractivity contribution in [1.82, 2.24) is 19.5 Å². The summed E-state index contributed by atoms with van der Waals surface area (Å²) in [6.07, 6.45) is 1.89. The Bertz CT molecular complexity index is 1180. The molecular formula is C24H24N4O4. The number of aryl methyl sites for hydroxylation is 1. The van der Waals surface area contributed by atoms with Crippen molar-refractivity contribution in [2.75, 3.05) is 13.2 Å². The molecule has 0 radical (unpaired) electrons. The molecule has 0 spiro atoms. The van der Waals surface area contributed by atoms with Crippen LogP contribution in [0.3, 0.4) is 0 Å². The van der Waals surface area contributed by atoms with E-state index in [-0.39, 0.29) is 23.1 Å². The first-order valence-corrected chi connectivity index (χ1v) is 10.3. The summed E-state index contributed by atoms with van der Waals surface area (Å²) >= 11 is 0. The van der Waals surface area contributed by atoms with Crippen LogP contribution in [-0.2, 0) is 7.05 Å². The maximum atomic E-state index is 10.6. The lowest BCUT2D eigenvalue weighted by molar-refractivity contribution is 0.337. The zero-order valence-electron chi connectivity index (χ0n) is 18.1. The Hall–Kier alpha value is -4.07. The number of phenols is 2. The number of nitrogens with zero attached hydrogens (tertiary/aromatic N) is 4. The number of hydrogen-bond acceptors (Lipinski definition) is 7. The average molecular weight is 432 g/mol. The van der Waals surface area contributed by atoms with Gasteiger partial charge in [-0.25, -0.2) is 15.0 Å². The number of phenolic OH excluding ortho intramolecular Hbond substituents is 2. The van der Waals surface area contributed by atoms with E-state index in [1.807, 2.05) is 43.8 Å². The van der Waals surface area contributed by atoms with E-state index in [1.54, 1.807) is 24.3 Å². The molecule has 0 fully saturated rings. The van der Waals surface area contributed by atoms with Crippen LogP contribution in [0.15, 0.2) is 54.7 Å². The van der Waals surface area contributed by atoms with Crippen molar-refractivity contribution in [2.45, 2.75) is 13.8 Å². The molecule has 0 amide bonds. The molecule has 0 saturated carbocycles. The minimum absolute atomic E-state index is 0.0122. The zero-order chi connectivity index (χ0) is 22.7. The summed E-state index contributed by atoms with van der Waals surface area (Å²) in [6.45, 7) is 4.73. The SMILES string of the molecule is CCOc1ccc(-c2nc(-c3ccc(OCC)cc3O)nc(-c3cccn3C)n2)c(O)c1. The fraction of sp³-hybridized carbons (Fsp3) is 0.208. The van der Waals surface area contributed by atoms with Crippen molar-refractivity contribution in [3.63, 3.8) is 0 Å². The lowest BCUT2D eigenvalue weighted by Crippen LogP contribution is -2.03. The van der Waals surface area contributed by atoms with E-state index < -0.39 is 0 Å². The largest absolute Gasteiger partial charge is 0.507 e. The standard InChI is InChI=1S/C24H24N4O4/c1-4-31-15-8-10-17(20(29)13-15)22-25-23(18-11-9-16(32-5-2)14-21(18)30)27-24(26-22)19-7-6-12-28(19)3/h6-14,29-30H,4-5H2,1-3H3. The van der Waals surface area contributed by atoms with E-state index >= 15 is 0 Å². The third-order valence-electron chi connectivity index (χ3n) is 4.85. The van der Waals surface area contributed by atoms with Gasteiger partial charge in [0.05, 0.1) is 30.0 Å². The Morgan fingerprint density at radius 2 is 1.25 bits per heavy atom. The van der Waals surface area contributed by atoms with E-state index in [9.17, 15) is 10.2 Å². The predicted octanol–water partition coefficient (Wildman–Crippen LogP) is 4.42. The topological polar surface area (TPSA) is 103 Å². The number of aromatic hydroxyl groups is 2. The molecule has 2 aromatic heterocycles. The molecule has 0 aliphatic carbocycles. The normalized spacial score (nSPS) is 10.8. The van der Waals surface area contributed by atoms with Gasteiger partial charge in [0.25, 0.3) is 0 Å². The monoisotopic (exact) mass is 432 g/mol. The molecule has 0 aliphatic rings. The summed E-state index contributed by atoms with van der Waals surface area (Å²) in [4.78, 5) is 13.7. The number of rotatable bonds is 7. The van der Waals surface area contributed by atoms with E-state index in [0.717, 1.165) is 5.69 Å². The quantitative estimate of drug-likeness (QED) is 0.446. The zero-order valence-corrected chi connectivity index (χ0v) is 18.1. The van der Waals surface area contributed by atoms with Crippen molar-refractivity contribution >= 4 is 0 Å². The van der Waals surface area contributed by atoms with Crippen molar-refractivity contribution in [1.29, 1.82) is 0 Å². The van der Waals surface area contributed by atoms with Gasteiger partial charge in [-0.05, 0) is 50.2 Å². The maximum Gasteiger partial charge on any atom is 0.180 e. The average Bonchev–Trinajstić information content (AvgIpc) is 3.20. The molecule has 8 nitrogen and oxygen atoms in total. The molecule has 0 atom stereocenters. The highest BCUT2D eigenvalue weighted by Gasteiger charge is 2.18. The highest BCUT2D eigenvalue weighted by molar-refractivity contribution is 5.72. The molecule has 2 heterocycles. The summed E-state index contributed by atoms with van der Waals surface area (Å²) in [5, 5.41) is 21.2. The second kappa shape index (κ2) is 8.97. The summed E-state index contributed by atoms with van der Waals surface area (Å²) in [5.41, 5.74) is 1.63. The summed E-state index contributed by atoms with van der Waals surface area (Å²) in [6, 6.07) is 13.7. The summed E-state index contributed by atoms with van der Waals surface area (Å²) in [5.74, 6) is 2.05. The molecule has 4 rings (SSSR count). The van der Waals surface area contributed by atoms with Crippen molar-refractivity contribution < 1.29 is 19.7 Å². The lowest BCUT2D eigenvalue weighted by Gasteiger charge is -2.12. The first-order chi connectivity index (χ1) is 15.5. The maximum absolute atomic E-state index is 10.6. The van der Waals surface area contributed by atoms with Gasteiger partial charge in [-0.3, -0.25) is 0 Å². The van der Waals surface area contributed by atoms with Crippen LogP contribution in [0.2, 0.25) is 0 Å². The Kier molecular flexibility index (Phi) is 5.93. The van der Waals surface area contributed by atoms with Gasteiger partial charge in [0.1, 0.15) is 23.0 Å². The predicted molar refractivity (Wildman–Crippen MR) is 121 cm³/mol. The Morgan fingerprint density at radius 1 is 0.750 bits per heavy atom. The first-order valence-electron chi connectivity index (χ1n) is 10.3. The molecule has 164 valence electrons. The van der Waals surface area contributed by atoms with Crippen LogP contribution in [0.5, 0.6) is 23.0 Å². The number of aromatic nitrogens is 4. The fourth-order valence-corrected chi connectivity index (χ4v) is 3.34. The second-order valence-corrected chi connectivity index (χ2v) is 7.03. The molecule has 32 heavy (non-hydrogen) atoms. The van der Waals surface area contributed by atoms with E-state index in [4.69, 9.17) is 9.47 Å². The third kappa shape index (κ3) is 4.20. The lowest BCUT2D eigenvalue weighted by atomic mass is 10.1. The molecule has 8 heteroatoms. The molecular weight excluding hydrogens is 408 g/mol. The molecule has 2 N–H and O–H groups in total. The summed E-state index contributed by atoms with van der Waals surface area (Å²) in [7, 11) is 1.89. The molecule has 4 aromatic rings. The van der Waals surface area contributed by atoms with Crippen molar-refractivity contribution in [3.8, 4) is 57.3 Å². The minimum Gasteiger partial charge on any atom is -0.507 e. The van der Waals surface area contributed by atoms with Gasteiger partial charge in [0.2, 0.25) is 0 Å². The van der Waals surface area contributed by atoms with Crippen LogP contribution in [0.1, 0.15) is 13.8 Å². The first kappa shape index (κ1) is 21.2. The minimum atomic E-state index is -0.0122. The summed E-state index contributed by atoms with van der Waals surface area (Å²) < 4.78 is 12.8. The van der Waals surface area contributed by atoms with Gasteiger partial charge in [0.15, 0.2) is 17.5 Å². The van der Waals surface area contributed by atoms with Crippen LogP contribution in [-0.4, -0.2) is 42.9 Å². The van der Waals surface area contributed by atoms with Crippen LogP contribution in [0.4, 0.5) is 0 Å². The Labute approximate surface area is 185 Å². The smallest absolute Gasteiger partial charge is 0.180 e. The highest BCUT2D eigenvalue weighted by Crippen LogP contribution is 2.35. The number of ether oxygens (including phenoxy) is 2. The number of hydrogen-bond donors (Lipinski definition) is 2. The fourth-order valence-electron chi connectivity index (χ4n) is 3.34. The van der Waals surface area contributed by atoms with Crippen LogP contribution in [0, 0.1) is 0 Å². The van der Waals surface area contributed by atoms with E-state index in [2.05, 4.69) is 15.0 Å². The van der Waals surface area contributed by atoms with Crippen LogP contribution >= 0.6 is 0 Å². The molecule has 2 aromatic carbocycles. The molecule has 0 unspecified atom stereocenters. The van der Waals surface area contributed by atoms with E-state index in [0.29, 0.717) is 41.7 Å². The van der Waals surface area contributed by atoms with Gasteiger partial charge in [-0.15, -0.1) is 0 Å². The van der Waals surface area contributed by atoms with Crippen molar-refractivity contribution in [2.24, 2.45) is 7.05 Å². The van der Waals surface area contributed by atoms with E-state index in [1.165, 1.54) is 12.1 Å². The number of benzene rings is 2. The Morgan fingerprint density at radius 3 is 1.66 bits per heavy atom. The van der Waals surface area contributed by atoms with Gasteiger partial charge in [0, 0.05) is 25.4 Å². The van der Waals surface area contributed by atoms with Crippen LogP contribution in [0.25, 0.3) is 34.3 Å². The molecule has 0 bridgehead atoms. The third-order valence-corrected chi connectivity index (χ3v) is 4.85. The van der Waals surface area contributed by atoms with Crippen molar-refractivity contribution in [3.05, 3.63) is 54.7 Å². The van der Waals surface area contributed by atoms with Crippen LogP contribution < -0.4 is 9.47 Å². The van der Waals surface area contributed by atoms with Gasteiger partial charge in [-0.2, -0.15) is 0 Å².